The van der Waals surface area contributed by atoms with Crippen LogP contribution in [0.2, 0.25) is 0 Å². The van der Waals surface area contributed by atoms with Crippen LogP contribution in [0.4, 0.5) is 5.69 Å². The van der Waals surface area contributed by atoms with Crippen molar-refractivity contribution in [2.45, 2.75) is 0 Å². The van der Waals surface area contributed by atoms with Crippen molar-refractivity contribution in [1.82, 2.24) is 19.6 Å². The summed E-state index contributed by atoms with van der Waals surface area (Å²) in [5.41, 5.74) is 8.15. The lowest BCUT2D eigenvalue weighted by Gasteiger charge is -2.02. The van der Waals surface area contributed by atoms with E-state index in [4.69, 9.17) is 5.73 Å². The number of nitrogens with zero attached hydrogens (tertiary/aromatic N) is 4. The largest absolute Gasteiger partial charge is 0.398 e. The molecule has 0 unspecified atom stereocenters. The standard InChI is InChI=1S/C11H8BrN5/c12-8-5-7(1-2-9(8)13)11-16-15-10-3-4-14-6-17(10)11/h1-6H,13H2. The molecule has 0 saturated heterocycles. The lowest BCUT2D eigenvalue weighted by Crippen LogP contribution is -1.92. The van der Waals surface area contributed by atoms with Gasteiger partial charge in [-0.1, -0.05) is 0 Å². The van der Waals surface area contributed by atoms with Gasteiger partial charge in [0.05, 0.1) is 0 Å². The Morgan fingerprint density at radius 1 is 1.18 bits per heavy atom. The normalized spacial score (nSPS) is 10.9. The average Bonchev–Trinajstić information content (AvgIpc) is 2.76. The number of nitrogen functional groups attached to an aromatic ring is 1. The molecule has 0 atom stereocenters. The third kappa shape index (κ3) is 1.66. The first-order valence-electron chi connectivity index (χ1n) is 4.96. The van der Waals surface area contributed by atoms with Gasteiger partial charge in [-0.15, -0.1) is 10.2 Å². The van der Waals surface area contributed by atoms with Gasteiger partial charge >= 0.3 is 0 Å². The van der Waals surface area contributed by atoms with Crippen molar-refractivity contribution in [3.8, 4) is 11.4 Å². The van der Waals surface area contributed by atoms with Crippen molar-refractivity contribution in [2.24, 2.45) is 0 Å². The van der Waals surface area contributed by atoms with Crippen molar-refractivity contribution in [3.05, 3.63) is 41.3 Å². The molecule has 0 amide bonds. The van der Waals surface area contributed by atoms with Crippen molar-refractivity contribution in [1.29, 1.82) is 0 Å². The zero-order chi connectivity index (χ0) is 11.8. The highest BCUT2D eigenvalue weighted by molar-refractivity contribution is 9.10. The van der Waals surface area contributed by atoms with Gasteiger partial charge in [-0.2, -0.15) is 0 Å². The van der Waals surface area contributed by atoms with Crippen LogP contribution in [0, 0.1) is 0 Å². The number of aromatic nitrogens is 4. The SMILES string of the molecule is Nc1ccc(-c2nnc3ccncn23)cc1Br. The highest BCUT2D eigenvalue weighted by atomic mass is 79.9. The summed E-state index contributed by atoms with van der Waals surface area (Å²) in [4.78, 5) is 4.06. The molecule has 0 spiro atoms. The third-order valence-corrected chi connectivity index (χ3v) is 3.16. The molecule has 0 radical (unpaired) electrons. The number of hydrogen-bond donors (Lipinski definition) is 1. The second kappa shape index (κ2) is 3.81. The van der Waals surface area contributed by atoms with Gasteiger partial charge in [0.1, 0.15) is 6.33 Å². The predicted octanol–water partition coefficient (Wildman–Crippen LogP) is 2.14. The van der Waals surface area contributed by atoms with E-state index in [1.54, 1.807) is 12.5 Å². The molecule has 2 N–H and O–H groups in total. The van der Waals surface area contributed by atoms with E-state index >= 15 is 0 Å². The molecule has 5 nitrogen and oxygen atoms in total. The van der Waals surface area contributed by atoms with Crippen molar-refractivity contribution in [2.75, 3.05) is 5.73 Å². The molecule has 0 fully saturated rings. The summed E-state index contributed by atoms with van der Waals surface area (Å²) < 4.78 is 2.67. The van der Waals surface area contributed by atoms with Crippen LogP contribution >= 0.6 is 15.9 Å². The monoisotopic (exact) mass is 289 g/mol. The molecule has 0 aliphatic carbocycles. The maximum atomic E-state index is 5.75. The summed E-state index contributed by atoms with van der Waals surface area (Å²) in [5, 5.41) is 8.22. The van der Waals surface area contributed by atoms with Crippen LogP contribution in [0.3, 0.4) is 0 Å². The second-order valence-corrected chi connectivity index (χ2v) is 4.42. The van der Waals surface area contributed by atoms with Gasteiger partial charge in [-0.25, -0.2) is 4.98 Å². The van der Waals surface area contributed by atoms with Crippen LogP contribution < -0.4 is 5.73 Å². The number of hydrogen-bond acceptors (Lipinski definition) is 4. The first-order valence-corrected chi connectivity index (χ1v) is 5.75. The lowest BCUT2D eigenvalue weighted by atomic mass is 10.2. The molecule has 0 saturated carbocycles. The first-order chi connectivity index (χ1) is 8.25. The van der Waals surface area contributed by atoms with E-state index in [0.717, 1.165) is 21.5 Å². The Morgan fingerprint density at radius 3 is 2.88 bits per heavy atom. The van der Waals surface area contributed by atoms with Crippen LogP contribution in [0.5, 0.6) is 0 Å². The van der Waals surface area contributed by atoms with Gasteiger partial charge < -0.3 is 5.73 Å². The molecule has 17 heavy (non-hydrogen) atoms. The Morgan fingerprint density at radius 2 is 2.06 bits per heavy atom. The Bertz CT molecular complexity index is 691. The molecule has 84 valence electrons. The molecule has 0 bridgehead atoms. The van der Waals surface area contributed by atoms with Crippen LogP contribution in [0.1, 0.15) is 0 Å². The smallest absolute Gasteiger partial charge is 0.169 e. The fraction of sp³-hybridized carbons (Fsp3) is 0. The molecular weight excluding hydrogens is 282 g/mol. The topological polar surface area (TPSA) is 69.1 Å². The van der Waals surface area contributed by atoms with Crippen molar-refractivity contribution in [3.63, 3.8) is 0 Å². The van der Waals surface area contributed by atoms with E-state index in [1.807, 2.05) is 28.7 Å². The average molecular weight is 290 g/mol. The Labute approximate surface area is 105 Å². The van der Waals surface area contributed by atoms with E-state index in [2.05, 4.69) is 31.1 Å². The summed E-state index contributed by atoms with van der Waals surface area (Å²) in [7, 11) is 0. The molecular formula is C11H8BrN5. The molecule has 3 aromatic rings. The predicted molar refractivity (Wildman–Crippen MR) is 68.3 cm³/mol. The Hall–Kier alpha value is -1.95. The van der Waals surface area contributed by atoms with E-state index in [0.29, 0.717) is 5.69 Å². The molecule has 1 aromatic carbocycles. The molecule has 6 heteroatoms. The zero-order valence-corrected chi connectivity index (χ0v) is 10.3. The lowest BCUT2D eigenvalue weighted by molar-refractivity contribution is 1.08. The number of rotatable bonds is 1. The van der Waals surface area contributed by atoms with Gasteiger partial charge in [0.25, 0.3) is 0 Å². The Balaban J connectivity index is 2.24. The number of halogens is 1. The minimum Gasteiger partial charge on any atom is -0.398 e. The van der Waals surface area contributed by atoms with E-state index < -0.39 is 0 Å². The summed E-state index contributed by atoms with van der Waals surface area (Å²) in [6.45, 7) is 0. The van der Waals surface area contributed by atoms with E-state index in [1.165, 1.54) is 0 Å². The van der Waals surface area contributed by atoms with Crippen LogP contribution in [-0.2, 0) is 0 Å². The van der Waals surface area contributed by atoms with Crippen LogP contribution in [0.15, 0.2) is 41.3 Å². The number of anilines is 1. The number of fused-ring (bicyclic) bond motifs is 1. The van der Waals surface area contributed by atoms with Crippen LogP contribution in [-0.4, -0.2) is 19.6 Å². The maximum Gasteiger partial charge on any atom is 0.169 e. The molecule has 2 heterocycles. The fourth-order valence-electron chi connectivity index (χ4n) is 1.61. The molecule has 0 aliphatic heterocycles. The molecule has 2 aromatic heterocycles. The third-order valence-electron chi connectivity index (χ3n) is 2.47. The minimum atomic E-state index is 0.695. The number of nitrogens with two attached hydrogens (primary N) is 1. The van der Waals surface area contributed by atoms with Crippen LogP contribution in [0.25, 0.3) is 17.0 Å². The van der Waals surface area contributed by atoms with Gasteiger partial charge in [0.15, 0.2) is 11.5 Å². The highest BCUT2D eigenvalue weighted by Gasteiger charge is 2.08. The quantitative estimate of drug-likeness (QED) is 0.697. The fourth-order valence-corrected chi connectivity index (χ4v) is 1.99. The maximum absolute atomic E-state index is 5.75. The minimum absolute atomic E-state index is 0.695. The summed E-state index contributed by atoms with van der Waals surface area (Å²) in [6.07, 6.45) is 3.38. The summed E-state index contributed by atoms with van der Waals surface area (Å²) in [5.74, 6) is 0.744. The summed E-state index contributed by atoms with van der Waals surface area (Å²) >= 11 is 3.40. The zero-order valence-electron chi connectivity index (χ0n) is 8.71. The van der Waals surface area contributed by atoms with Gasteiger partial charge in [0, 0.05) is 28.0 Å². The Kier molecular flexibility index (Phi) is 2.29. The first kappa shape index (κ1) is 10.2. The second-order valence-electron chi connectivity index (χ2n) is 3.57. The van der Waals surface area contributed by atoms with Gasteiger partial charge in [-0.05, 0) is 34.1 Å². The van der Waals surface area contributed by atoms with Crippen molar-refractivity contribution < 1.29 is 0 Å². The van der Waals surface area contributed by atoms with Gasteiger partial charge in [-0.3, -0.25) is 4.40 Å². The molecule has 3 rings (SSSR count). The van der Waals surface area contributed by atoms with Gasteiger partial charge in [0.2, 0.25) is 0 Å². The summed E-state index contributed by atoms with van der Waals surface area (Å²) in [6, 6.07) is 7.46. The van der Waals surface area contributed by atoms with E-state index in [-0.39, 0.29) is 0 Å². The highest BCUT2D eigenvalue weighted by Crippen LogP contribution is 2.26. The van der Waals surface area contributed by atoms with Crippen molar-refractivity contribution >= 4 is 27.3 Å². The molecule has 0 aliphatic rings. The van der Waals surface area contributed by atoms with E-state index in [9.17, 15) is 0 Å². The number of benzene rings is 1.